The van der Waals surface area contributed by atoms with Crippen molar-refractivity contribution in [1.29, 1.82) is 0 Å². The highest BCUT2D eigenvalue weighted by molar-refractivity contribution is 8.14. The van der Waals surface area contributed by atoms with E-state index in [-0.39, 0.29) is 11.1 Å². The Morgan fingerprint density at radius 2 is 2.56 bits per heavy atom. The molecule has 1 aromatic rings. The topological polar surface area (TPSA) is 78.1 Å². The summed E-state index contributed by atoms with van der Waals surface area (Å²) in [5.74, 6) is 1.14. The molecule has 0 spiro atoms. The quantitative estimate of drug-likeness (QED) is 0.790. The van der Waals surface area contributed by atoms with Crippen LogP contribution in [0.1, 0.15) is 5.82 Å². The van der Waals surface area contributed by atoms with Gasteiger partial charge in [0.1, 0.15) is 11.9 Å². The number of amides is 2. The number of imidazole rings is 1. The van der Waals surface area contributed by atoms with Crippen LogP contribution in [0, 0.1) is 0 Å². The number of carbonyl (C=O) groups is 2. The van der Waals surface area contributed by atoms with Crippen LogP contribution in [-0.4, -0.2) is 44.9 Å². The second-order valence-corrected chi connectivity index (χ2v) is 4.52. The van der Waals surface area contributed by atoms with Crippen LogP contribution < -0.4 is 5.32 Å². The first kappa shape index (κ1) is 11.0. The molecule has 0 aromatic carbocycles. The summed E-state index contributed by atoms with van der Waals surface area (Å²) in [7, 11) is 1.69. The first-order valence-corrected chi connectivity index (χ1v) is 5.82. The molecule has 1 aromatic heterocycles. The Kier molecular flexibility index (Phi) is 3.14. The van der Waals surface area contributed by atoms with Crippen molar-refractivity contribution in [3.63, 3.8) is 0 Å². The van der Waals surface area contributed by atoms with Gasteiger partial charge in [0.15, 0.2) is 0 Å². The lowest BCUT2D eigenvalue weighted by Crippen LogP contribution is -2.43. The Labute approximate surface area is 96.8 Å². The summed E-state index contributed by atoms with van der Waals surface area (Å²) in [4.78, 5) is 31.3. The van der Waals surface area contributed by atoms with Gasteiger partial charge >= 0.3 is 0 Å². The predicted octanol–water partition coefficient (Wildman–Crippen LogP) is 0.193. The van der Waals surface area contributed by atoms with Crippen LogP contribution >= 0.6 is 11.8 Å². The Morgan fingerprint density at radius 3 is 3.12 bits per heavy atom. The molecule has 2 N–H and O–H groups in total. The van der Waals surface area contributed by atoms with E-state index in [2.05, 4.69) is 15.3 Å². The second kappa shape index (κ2) is 4.56. The summed E-state index contributed by atoms with van der Waals surface area (Å²) in [5, 5.41) is 2.48. The predicted molar refractivity (Wildman–Crippen MR) is 59.8 cm³/mol. The molecule has 0 radical (unpaired) electrons. The van der Waals surface area contributed by atoms with E-state index in [0.29, 0.717) is 12.3 Å². The summed E-state index contributed by atoms with van der Waals surface area (Å²) >= 11 is 1.14. The van der Waals surface area contributed by atoms with Gasteiger partial charge in [0.05, 0.1) is 6.54 Å². The van der Waals surface area contributed by atoms with Crippen LogP contribution in [-0.2, 0) is 11.3 Å². The number of thioether (sulfide) groups is 1. The minimum absolute atomic E-state index is 0.0882. The van der Waals surface area contributed by atoms with Gasteiger partial charge in [-0.15, -0.1) is 0 Å². The van der Waals surface area contributed by atoms with Gasteiger partial charge in [-0.25, -0.2) is 4.98 Å². The van der Waals surface area contributed by atoms with Crippen molar-refractivity contribution >= 4 is 22.9 Å². The maximum absolute atomic E-state index is 11.9. The molecule has 0 bridgehead atoms. The number of hydrogen-bond donors (Lipinski definition) is 2. The fourth-order valence-electron chi connectivity index (χ4n) is 1.47. The molecule has 6 nitrogen and oxygen atoms in total. The van der Waals surface area contributed by atoms with Gasteiger partial charge in [-0.2, -0.15) is 0 Å². The maximum atomic E-state index is 11.9. The van der Waals surface area contributed by atoms with Crippen LogP contribution in [0.5, 0.6) is 0 Å². The molecule has 0 aliphatic carbocycles. The largest absolute Gasteiger partial charge is 0.347 e. The number of likely N-dealkylation sites (N-methyl/N-ethyl adjacent to an activating group) is 1. The molecule has 1 aliphatic heterocycles. The smallest absolute Gasteiger partial charge is 0.279 e. The molecule has 7 heteroatoms. The molecular weight excluding hydrogens is 228 g/mol. The van der Waals surface area contributed by atoms with E-state index in [1.54, 1.807) is 24.3 Å². The summed E-state index contributed by atoms with van der Waals surface area (Å²) < 4.78 is 0. The van der Waals surface area contributed by atoms with Crippen LogP contribution in [0.2, 0.25) is 0 Å². The van der Waals surface area contributed by atoms with Gasteiger partial charge < -0.3 is 15.2 Å². The zero-order valence-electron chi connectivity index (χ0n) is 8.77. The lowest BCUT2D eigenvalue weighted by molar-refractivity contribution is -0.131. The molecule has 2 heterocycles. The molecule has 1 atom stereocenters. The number of nitrogens with zero attached hydrogens (tertiary/aromatic N) is 2. The number of nitrogens with one attached hydrogen (secondary N) is 2. The maximum Gasteiger partial charge on any atom is 0.279 e. The van der Waals surface area contributed by atoms with Crippen LogP contribution in [0.4, 0.5) is 4.79 Å². The van der Waals surface area contributed by atoms with Crippen molar-refractivity contribution in [2.24, 2.45) is 0 Å². The monoisotopic (exact) mass is 240 g/mol. The average molecular weight is 240 g/mol. The van der Waals surface area contributed by atoms with Crippen LogP contribution in [0.15, 0.2) is 12.4 Å². The minimum atomic E-state index is -0.405. The number of carbonyl (C=O) groups excluding carboxylic acids is 2. The third kappa shape index (κ3) is 2.35. The SMILES string of the molecule is CN(Cc1ncc[nH]1)C(=O)C1CSC(=O)N1. The minimum Gasteiger partial charge on any atom is -0.347 e. The number of aromatic nitrogens is 2. The van der Waals surface area contributed by atoms with Gasteiger partial charge in [-0.1, -0.05) is 11.8 Å². The number of H-pyrrole nitrogens is 1. The third-order valence-corrected chi connectivity index (χ3v) is 3.17. The van der Waals surface area contributed by atoms with E-state index in [1.165, 1.54) is 0 Å². The van der Waals surface area contributed by atoms with Crippen molar-refractivity contribution in [3.05, 3.63) is 18.2 Å². The van der Waals surface area contributed by atoms with E-state index in [1.807, 2.05) is 0 Å². The fraction of sp³-hybridized carbons (Fsp3) is 0.444. The lowest BCUT2D eigenvalue weighted by Gasteiger charge is -2.19. The molecule has 1 fully saturated rings. The summed E-state index contributed by atoms with van der Waals surface area (Å²) in [6.07, 6.45) is 3.35. The standard InChI is InChI=1S/C9H12N4O2S/c1-13(4-7-10-2-3-11-7)8(14)6-5-16-9(15)12-6/h2-3,6H,4-5H2,1H3,(H,10,11)(H,12,15). The Bertz CT molecular complexity index is 392. The zero-order chi connectivity index (χ0) is 11.5. The highest BCUT2D eigenvalue weighted by atomic mass is 32.2. The lowest BCUT2D eigenvalue weighted by atomic mass is 10.3. The summed E-state index contributed by atoms with van der Waals surface area (Å²) in [6, 6.07) is -0.405. The Hall–Kier alpha value is -1.50. The molecule has 2 rings (SSSR count). The number of rotatable bonds is 3. The molecule has 16 heavy (non-hydrogen) atoms. The van der Waals surface area contributed by atoms with Gasteiger partial charge in [-0.3, -0.25) is 9.59 Å². The van der Waals surface area contributed by atoms with Gasteiger partial charge in [0, 0.05) is 25.2 Å². The Balaban J connectivity index is 1.92. The molecule has 2 amide bonds. The summed E-state index contributed by atoms with van der Waals surface area (Å²) in [5.41, 5.74) is 0. The summed E-state index contributed by atoms with van der Waals surface area (Å²) in [6.45, 7) is 0.420. The first-order valence-electron chi connectivity index (χ1n) is 4.83. The normalized spacial score (nSPS) is 19.6. The van der Waals surface area contributed by atoms with E-state index in [0.717, 1.165) is 17.6 Å². The van der Waals surface area contributed by atoms with Crippen molar-refractivity contribution in [1.82, 2.24) is 20.2 Å². The molecule has 1 saturated heterocycles. The fourth-order valence-corrected chi connectivity index (χ4v) is 2.24. The van der Waals surface area contributed by atoms with Gasteiger partial charge in [0.2, 0.25) is 5.91 Å². The molecule has 1 unspecified atom stereocenters. The van der Waals surface area contributed by atoms with Crippen molar-refractivity contribution in [2.45, 2.75) is 12.6 Å². The van der Waals surface area contributed by atoms with Gasteiger partial charge in [0.25, 0.3) is 5.24 Å². The molecule has 1 aliphatic rings. The average Bonchev–Trinajstić information content (AvgIpc) is 2.88. The van der Waals surface area contributed by atoms with E-state index < -0.39 is 6.04 Å². The molecule has 86 valence electrons. The van der Waals surface area contributed by atoms with Crippen molar-refractivity contribution in [3.8, 4) is 0 Å². The van der Waals surface area contributed by atoms with Crippen LogP contribution in [0.25, 0.3) is 0 Å². The van der Waals surface area contributed by atoms with Crippen LogP contribution in [0.3, 0.4) is 0 Å². The highest BCUT2D eigenvalue weighted by Gasteiger charge is 2.30. The zero-order valence-corrected chi connectivity index (χ0v) is 9.58. The van der Waals surface area contributed by atoms with Crippen molar-refractivity contribution in [2.75, 3.05) is 12.8 Å². The Morgan fingerprint density at radius 1 is 1.75 bits per heavy atom. The number of hydrogen-bond acceptors (Lipinski definition) is 4. The van der Waals surface area contributed by atoms with Crippen molar-refractivity contribution < 1.29 is 9.59 Å². The van der Waals surface area contributed by atoms with E-state index >= 15 is 0 Å². The third-order valence-electron chi connectivity index (χ3n) is 2.29. The van der Waals surface area contributed by atoms with E-state index in [4.69, 9.17) is 0 Å². The van der Waals surface area contributed by atoms with Gasteiger partial charge in [-0.05, 0) is 0 Å². The molecular formula is C9H12N4O2S. The molecule has 0 saturated carbocycles. The number of aromatic amines is 1. The first-order chi connectivity index (χ1) is 7.66. The highest BCUT2D eigenvalue weighted by Crippen LogP contribution is 2.14. The van der Waals surface area contributed by atoms with E-state index in [9.17, 15) is 9.59 Å². The second-order valence-electron chi connectivity index (χ2n) is 3.53.